The molecule has 1 aliphatic heterocycles. The van der Waals surface area contributed by atoms with E-state index in [1.54, 1.807) is 7.11 Å². The second-order valence-electron chi connectivity index (χ2n) is 6.11. The van der Waals surface area contributed by atoms with E-state index in [-0.39, 0.29) is 0 Å². The van der Waals surface area contributed by atoms with Crippen LogP contribution in [0, 0.1) is 0 Å². The Morgan fingerprint density at radius 2 is 2.14 bits per heavy atom. The van der Waals surface area contributed by atoms with Crippen LogP contribution in [0.3, 0.4) is 0 Å². The molecule has 0 bridgehead atoms. The lowest BCUT2D eigenvalue weighted by molar-refractivity contribution is 0.192. The molecule has 1 atom stereocenters. The molecule has 1 aromatic rings. The summed E-state index contributed by atoms with van der Waals surface area (Å²) < 4.78 is 5.55. The van der Waals surface area contributed by atoms with Crippen LogP contribution >= 0.6 is 0 Å². The van der Waals surface area contributed by atoms with E-state index in [4.69, 9.17) is 4.74 Å². The molecule has 0 spiro atoms. The molecule has 0 amide bonds. The Balaban J connectivity index is 2.14. The zero-order valence-corrected chi connectivity index (χ0v) is 13.9. The molecule has 118 valence electrons. The normalized spacial score (nSPS) is 21.2. The summed E-state index contributed by atoms with van der Waals surface area (Å²) in [6, 6.07) is 7.08. The summed E-state index contributed by atoms with van der Waals surface area (Å²) in [5.41, 5.74) is 2.61. The van der Waals surface area contributed by atoms with Crippen LogP contribution < -0.4 is 10.1 Å². The molecule has 1 heterocycles. The summed E-state index contributed by atoms with van der Waals surface area (Å²) in [5.74, 6) is 1.000. The number of hydrogen-bond acceptors (Lipinski definition) is 4. The molecule has 1 saturated heterocycles. The van der Waals surface area contributed by atoms with Gasteiger partial charge in [-0.1, -0.05) is 6.07 Å². The fourth-order valence-electron chi connectivity index (χ4n) is 3.15. The van der Waals surface area contributed by atoms with Crippen molar-refractivity contribution in [3.63, 3.8) is 0 Å². The summed E-state index contributed by atoms with van der Waals surface area (Å²) in [6.45, 7) is 7.68. The molecule has 4 heteroatoms. The van der Waals surface area contributed by atoms with Crippen LogP contribution in [0.4, 0.5) is 0 Å². The lowest BCUT2D eigenvalue weighted by atomic mass is 10.1. The van der Waals surface area contributed by atoms with Gasteiger partial charge in [-0.25, -0.2) is 0 Å². The van der Waals surface area contributed by atoms with Gasteiger partial charge in [0.1, 0.15) is 5.75 Å². The van der Waals surface area contributed by atoms with Crippen molar-refractivity contribution < 1.29 is 4.74 Å². The summed E-state index contributed by atoms with van der Waals surface area (Å²) in [4.78, 5) is 5.00. The van der Waals surface area contributed by atoms with Gasteiger partial charge in [0.25, 0.3) is 0 Å². The van der Waals surface area contributed by atoms with Crippen LogP contribution in [-0.2, 0) is 13.1 Å². The van der Waals surface area contributed by atoms with Crippen molar-refractivity contribution in [3.8, 4) is 5.75 Å². The van der Waals surface area contributed by atoms with Crippen molar-refractivity contribution in [1.82, 2.24) is 15.1 Å². The minimum Gasteiger partial charge on any atom is -0.496 e. The Morgan fingerprint density at radius 1 is 1.33 bits per heavy atom. The van der Waals surface area contributed by atoms with E-state index >= 15 is 0 Å². The van der Waals surface area contributed by atoms with Gasteiger partial charge >= 0.3 is 0 Å². The molecule has 1 unspecified atom stereocenters. The molecule has 0 radical (unpaired) electrons. The van der Waals surface area contributed by atoms with E-state index in [2.05, 4.69) is 47.3 Å². The van der Waals surface area contributed by atoms with Crippen LogP contribution in [0.5, 0.6) is 5.75 Å². The van der Waals surface area contributed by atoms with Gasteiger partial charge in [0.05, 0.1) is 7.11 Å². The highest BCUT2D eigenvalue weighted by Gasteiger charge is 2.20. The second-order valence-corrected chi connectivity index (χ2v) is 6.11. The number of benzene rings is 1. The monoisotopic (exact) mass is 291 g/mol. The second kappa shape index (κ2) is 7.78. The van der Waals surface area contributed by atoms with Gasteiger partial charge in [-0.3, -0.25) is 4.90 Å². The topological polar surface area (TPSA) is 27.7 Å². The predicted molar refractivity (Wildman–Crippen MR) is 87.7 cm³/mol. The van der Waals surface area contributed by atoms with Gasteiger partial charge in [-0.15, -0.1) is 0 Å². The molecule has 1 aliphatic rings. The molecule has 1 fully saturated rings. The average molecular weight is 291 g/mol. The molecule has 0 saturated carbocycles. The van der Waals surface area contributed by atoms with Crippen molar-refractivity contribution in [2.24, 2.45) is 0 Å². The number of nitrogens with zero attached hydrogens (tertiary/aromatic N) is 2. The van der Waals surface area contributed by atoms with Gasteiger partial charge in [-0.05, 0) is 51.7 Å². The zero-order chi connectivity index (χ0) is 15.2. The highest BCUT2D eigenvalue weighted by Crippen LogP contribution is 2.23. The van der Waals surface area contributed by atoms with Crippen LogP contribution in [0.25, 0.3) is 0 Å². The predicted octanol–water partition coefficient (Wildman–Crippen LogP) is 1.94. The molecule has 2 rings (SSSR count). The maximum Gasteiger partial charge on any atom is 0.123 e. The first-order valence-electron chi connectivity index (χ1n) is 7.87. The number of methoxy groups -OCH3 is 1. The van der Waals surface area contributed by atoms with E-state index in [0.29, 0.717) is 6.04 Å². The maximum absolute atomic E-state index is 5.55. The van der Waals surface area contributed by atoms with Crippen molar-refractivity contribution in [2.75, 3.05) is 40.8 Å². The van der Waals surface area contributed by atoms with Gasteiger partial charge in [0, 0.05) is 37.8 Å². The lowest BCUT2D eigenvalue weighted by Gasteiger charge is -2.28. The van der Waals surface area contributed by atoms with Crippen LogP contribution in [-0.4, -0.2) is 56.7 Å². The fourth-order valence-corrected chi connectivity index (χ4v) is 3.15. The number of likely N-dealkylation sites (N-methyl/N-ethyl adjacent to an activating group) is 1. The Hall–Kier alpha value is -1.10. The highest BCUT2D eigenvalue weighted by molar-refractivity contribution is 5.37. The van der Waals surface area contributed by atoms with Crippen molar-refractivity contribution in [1.29, 1.82) is 0 Å². The summed E-state index contributed by atoms with van der Waals surface area (Å²) in [6.07, 6.45) is 1.24. The quantitative estimate of drug-likeness (QED) is 0.897. The van der Waals surface area contributed by atoms with Gasteiger partial charge in [0.2, 0.25) is 0 Å². The fraction of sp³-hybridized carbons (Fsp3) is 0.647. The van der Waals surface area contributed by atoms with Crippen molar-refractivity contribution in [3.05, 3.63) is 29.3 Å². The van der Waals surface area contributed by atoms with E-state index in [1.165, 1.54) is 24.1 Å². The smallest absolute Gasteiger partial charge is 0.123 e. The Morgan fingerprint density at radius 3 is 2.86 bits per heavy atom. The molecule has 0 aliphatic carbocycles. The third-order valence-electron chi connectivity index (χ3n) is 4.28. The van der Waals surface area contributed by atoms with Gasteiger partial charge < -0.3 is 15.0 Å². The first kappa shape index (κ1) is 16.3. The van der Waals surface area contributed by atoms with Crippen LogP contribution in [0.1, 0.15) is 24.5 Å². The van der Waals surface area contributed by atoms with Crippen LogP contribution in [0.2, 0.25) is 0 Å². The maximum atomic E-state index is 5.55. The van der Waals surface area contributed by atoms with Gasteiger partial charge in [-0.2, -0.15) is 0 Å². The zero-order valence-electron chi connectivity index (χ0n) is 13.9. The van der Waals surface area contributed by atoms with E-state index in [0.717, 1.165) is 31.9 Å². The third-order valence-corrected chi connectivity index (χ3v) is 4.28. The summed E-state index contributed by atoms with van der Waals surface area (Å²) in [5, 5.41) is 3.22. The number of rotatable bonds is 5. The Labute approximate surface area is 129 Å². The number of hydrogen-bond donors (Lipinski definition) is 1. The molecule has 1 aromatic carbocycles. The van der Waals surface area contributed by atoms with Crippen molar-refractivity contribution in [2.45, 2.75) is 32.5 Å². The molecule has 0 aromatic heterocycles. The van der Waals surface area contributed by atoms with Crippen LogP contribution in [0.15, 0.2) is 18.2 Å². The van der Waals surface area contributed by atoms with E-state index in [1.807, 2.05) is 7.05 Å². The standard InChI is InChI=1S/C17H29N3O/c1-14-12-19(3)8-5-9-20(14)13-16-10-15(11-18-2)6-7-17(16)21-4/h6-7,10,14,18H,5,8-9,11-13H2,1-4H3. The minimum atomic E-state index is 0.579. The average Bonchev–Trinajstić information content (AvgIpc) is 2.61. The first-order valence-corrected chi connectivity index (χ1v) is 7.87. The molecular formula is C17H29N3O. The Kier molecular flexibility index (Phi) is 6.03. The molecule has 1 N–H and O–H groups in total. The minimum absolute atomic E-state index is 0.579. The largest absolute Gasteiger partial charge is 0.496 e. The number of nitrogens with one attached hydrogen (secondary N) is 1. The Bertz CT molecular complexity index is 450. The van der Waals surface area contributed by atoms with E-state index in [9.17, 15) is 0 Å². The summed E-state index contributed by atoms with van der Waals surface area (Å²) >= 11 is 0. The third kappa shape index (κ3) is 4.43. The lowest BCUT2D eigenvalue weighted by Crippen LogP contribution is -2.37. The highest BCUT2D eigenvalue weighted by atomic mass is 16.5. The van der Waals surface area contributed by atoms with E-state index < -0.39 is 0 Å². The number of ether oxygens (including phenoxy) is 1. The molecule has 4 nitrogen and oxygen atoms in total. The SMILES string of the molecule is CNCc1ccc(OC)c(CN2CCCN(C)CC2C)c1. The van der Waals surface area contributed by atoms with Crippen molar-refractivity contribution >= 4 is 0 Å². The summed E-state index contributed by atoms with van der Waals surface area (Å²) in [7, 11) is 5.96. The van der Waals surface area contributed by atoms with Gasteiger partial charge in [0.15, 0.2) is 0 Å². The molecule has 21 heavy (non-hydrogen) atoms. The first-order chi connectivity index (χ1) is 10.1. The molecular weight excluding hydrogens is 262 g/mol.